The van der Waals surface area contributed by atoms with Crippen LogP contribution in [-0.2, 0) is 0 Å². The van der Waals surface area contributed by atoms with E-state index >= 15 is 0 Å². The Hall–Kier alpha value is -0.470. The number of rotatable bonds is 2. The standard InChI is InChI=1S/C7H4Cl2FO/c8-7(9,10)11-6-4-2-1-3-5-6/h2-5H. The Morgan fingerprint density at radius 2 is 1.91 bits per heavy atom. The molecule has 1 aromatic rings. The second-order valence-electron chi connectivity index (χ2n) is 1.78. The summed E-state index contributed by atoms with van der Waals surface area (Å²) in [5, 5.41) is 0. The molecule has 0 heterocycles. The van der Waals surface area contributed by atoms with Gasteiger partial charge in [0.2, 0.25) is 0 Å². The summed E-state index contributed by atoms with van der Waals surface area (Å²) >= 11 is 9.87. The van der Waals surface area contributed by atoms with Gasteiger partial charge in [-0.1, -0.05) is 12.1 Å². The largest absolute Gasteiger partial charge is 0.433 e. The number of halogens is 3. The molecular formula is C7H4Cl2FO. The summed E-state index contributed by atoms with van der Waals surface area (Å²) < 4.78 is 14.2. The lowest BCUT2D eigenvalue weighted by molar-refractivity contribution is 0.104. The zero-order chi connectivity index (χ0) is 8.32. The highest BCUT2D eigenvalue weighted by molar-refractivity contribution is 6.46. The Kier molecular flexibility index (Phi) is 2.58. The summed E-state index contributed by atoms with van der Waals surface area (Å²) in [6, 6.07) is 8.86. The van der Waals surface area contributed by atoms with Crippen molar-refractivity contribution in [3.05, 3.63) is 30.3 Å². The molecule has 0 spiro atoms. The van der Waals surface area contributed by atoms with E-state index in [9.17, 15) is 4.39 Å². The number of alkyl halides is 3. The minimum atomic E-state index is -2.67. The summed E-state index contributed by atoms with van der Waals surface area (Å²) in [4.78, 5) is 0. The Morgan fingerprint density at radius 1 is 1.36 bits per heavy atom. The van der Waals surface area contributed by atoms with Crippen molar-refractivity contribution in [3.8, 4) is 5.75 Å². The summed E-state index contributed by atoms with van der Waals surface area (Å²) in [6.07, 6.45) is 0. The molecule has 59 valence electrons. The molecule has 1 radical (unpaired) electrons. The van der Waals surface area contributed by atoms with Crippen LogP contribution in [0.25, 0.3) is 0 Å². The summed E-state index contributed by atoms with van der Waals surface area (Å²) in [5.74, 6) is 0.260. The van der Waals surface area contributed by atoms with E-state index in [0.717, 1.165) is 0 Å². The van der Waals surface area contributed by atoms with Gasteiger partial charge in [0.25, 0.3) is 0 Å². The smallest absolute Gasteiger partial charge is 0.410 e. The lowest BCUT2D eigenvalue weighted by atomic mass is 10.3. The third kappa shape index (κ3) is 3.44. The second-order valence-corrected chi connectivity index (χ2v) is 2.95. The van der Waals surface area contributed by atoms with Gasteiger partial charge in [-0.25, -0.2) is 0 Å². The average molecular weight is 194 g/mol. The van der Waals surface area contributed by atoms with Gasteiger partial charge in [-0.05, 0) is 41.4 Å². The Labute approximate surface area is 73.7 Å². The topological polar surface area (TPSA) is 9.23 Å². The quantitative estimate of drug-likeness (QED) is 0.657. The molecule has 0 saturated carbocycles. The van der Waals surface area contributed by atoms with Crippen molar-refractivity contribution >= 4 is 23.2 Å². The number of ether oxygens (including phenoxy) is 1. The lowest BCUT2D eigenvalue weighted by Crippen LogP contribution is -2.13. The van der Waals surface area contributed by atoms with E-state index in [-0.39, 0.29) is 5.75 Å². The summed E-state index contributed by atoms with van der Waals surface area (Å²) in [5.41, 5.74) is 0. The van der Waals surface area contributed by atoms with Crippen molar-refractivity contribution in [1.82, 2.24) is 0 Å². The fourth-order valence-corrected chi connectivity index (χ4v) is 0.751. The van der Waals surface area contributed by atoms with Crippen LogP contribution >= 0.6 is 23.2 Å². The molecule has 0 unspecified atom stereocenters. The maximum absolute atomic E-state index is 12.4. The van der Waals surface area contributed by atoms with Gasteiger partial charge in [0.05, 0.1) is 0 Å². The van der Waals surface area contributed by atoms with Gasteiger partial charge in [-0.2, -0.15) is 4.39 Å². The van der Waals surface area contributed by atoms with E-state index in [2.05, 4.69) is 10.8 Å². The van der Waals surface area contributed by atoms with Crippen molar-refractivity contribution in [2.45, 2.75) is 4.77 Å². The van der Waals surface area contributed by atoms with Crippen LogP contribution in [0.1, 0.15) is 0 Å². The van der Waals surface area contributed by atoms with Crippen LogP contribution in [0.5, 0.6) is 5.75 Å². The first-order chi connectivity index (χ1) is 5.08. The van der Waals surface area contributed by atoms with E-state index in [0.29, 0.717) is 0 Å². The monoisotopic (exact) mass is 193 g/mol. The van der Waals surface area contributed by atoms with Gasteiger partial charge in [-0.15, -0.1) is 0 Å². The molecule has 1 rings (SSSR count). The van der Waals surface area contributed by atoms with Crippen molar-refractivity contribution in [3.63, 3.8) is 0 Å². The molecule has 0 atom stereocenters. The molecule has 0 saturated heterocycles. The molecule has 0 bridgehead atoms. The molecule has 1 nitrogen and oxygen atoms in total. The molecule has 11 heavy (non-hydrogen) atoms. The molecule has 0 N–H and O–H groups in total. The highest BCUT2D eigenvalue weighted by atomic mass is 35.5. The first-order valence-electron chi connectivity index (χ1n) is 2.80. The van der Waals surface area contributed by atoms with Crippen molar-refractivity contribution in [1.29, 1.82) is 0 Å². The minimum Gasteiger partial charge on any atom is -0.433 e. The Bertz CT molecular complexity index is 220. The van der Waals surface area contributed by atoms with E-state index in [1.165, 1.54) is 12.1 Å². The van der Waals surface area contributed by atoms with Crippen LogP contribution in [-0.4, -0.2) is 4.77 Å². The molecule has 1 aromatic carbocycles. The van der Waals surface area contributed by atoms with E-state index in [1.807, 2.05) is 0 Å². The number of hydrogen-bond acceptors (Lipinski definition) is 1. The normalized spacial score (nSPS) is 11.2. The predicted molar refractivity (Wildman–Crippen MR) is 41.5 cm³/mol. The number of hydrogen-bond donors (Lipinski definition) is 0. The highest BCUT2D eigenvalue weighted by Gasteiger charge is 2.23. The maximum Gasteiger partial charge on any atom is 0.410 e. The maximum atomic E-state index is 12.4. The fourth-order valence-electron chi connectivity index (χ4n) is 0.573. The first kappa shape index (κ1) is 8.62. The van der Waals surface area contributed by atoms with Crippen LogP contribution < -0.4 is 4.74 Å². The van der Waals surface area contributed by atoms with Gasteiger partial charge in [0.15, 0.2) is 0 Å². The molecule has 0 aliphatic carbocycles. The lowest BCUT2D eigenvalue weighted by Gasteiger charge is -2.10. The summed E-state index contributed by atoms with van der Waals surface area (Å²) in [6.45, 7) is 0. The highest BCUT2D eigenvalue weighted by Crippen LogP contribution is 2.26. The van der Waals surface area contributed by atoms with Crippen molar-refractivity contribution < 1.29 is 9.13 Å². The first-order valence-corrected chi connectivity index (χ1v) is 3.55. The van der Waals surface area contributed by atoms with Crippen molar-refractivity contribution in [2.24, 2.45) is 0 Å². The van der Waals surface area contributed by atoms with Crippen molar-refractivity contribution in [2.75, 3.05) is 0 Å². The van der Waals surface area contributed by atoms with Crippen LogP contribution in [0.15, 0.2) is 24.3 Å². The average Bonchev–Trinajstić information content (AvgIpc) is 1.85. The van der Waals surface area contributed by atoms with Gasteiger partial charge in [0, 0.05) is 0 Å². The Balaban J connectivity index is 2.66. The van der Waals surface area contributed by atoms with E-state index in [1.54, 1.807) is 12.1 Å². The third-order valence-corrected chi connectivity index (χ3v) is 1.08. The third-order valence-electron chi connectivity index (χ3n) is 0.921. The molecule has 0 fully saturated rings. The molecular weight excluding hydrogens is 190 g/mol. The van der Waals surface area contributed by atoms with Crippen LogP contribution in [0.4, 0.5) is 4.39 Å². The molecule has 0 aromatic heterocycles. The van der Waals surface area contributed by atoms with Crippen LogP contribution in [0, 0.1) is 6.07 Å². The molecule has 0 aliphatic heterocycles. The zero-order valence-electron chi connectivity index (χ0n) is 5.35. The van der Waals surface area contributed by atoms with E-state index in [4.69, 9.17) is 23.2 Å². The van der Waals surface area contributed by atoms with Gasteiger partial charge < -0.3 is 4.74 Å². The van der Waals surface area contributed by atoms with Gasteiger partial charge in [-0.3, -0.25) is 0 Å². The Morgan fingerprint density at radius 3 is 2.36 bits per heavy atom. The fraction of sp³-hybridized carbons (Fsp3) is 0.143. The number of benzene rings is 1. The molecule has 4 heteroatoms. The zero-order valence-corrected chi connectivity index (χ0v) is 6.86. The van der Waals surface area contributed by atoms with Crippen LogP contribution in [0.2, 0.25) is 0 Å². The van der Waals surface area contributed by atoms with E-state index < -0.39 is 4.77 Å². The SMILES string of the molecule is FC(Cl)(Cl)Oc1cc[c]cc1. The minimum absolute atomic E-state index is 0.260. The van der Waals surface area contributed by atoms with Gasteiger partial charge in [0.1, 0.15) is 5.75 Å². The molecule has 0 aliphatic rings. The predicted octanol–water partition coefficient (Wildman–Crippen LogP) is 2.92. The van der Waals surface area contributed by atoms with Crippen LogP contribution in [0.3, 0.4) is 0 Å². The second kappa shape index (κ2) is 3.28. The summed E-state index contributed by atoms with van der Waals surface area (Å²) in [7, 11) is 0. The van der Waals surface area contributed by atoms with Gasteiger partial charge >= 0.3 is 4.77 Å². The molecule has 0 amide bonds.